The van der Waals surface area contributed by atoms with Gasteiger partial charge in [0.25, 0.3) is 0 Å². The van der Waals surface area contributed by atoms with Crippen LogP contribution in [0.1, 0.15) is 35.6 Å². The monoisotopic (exact) mass is 350 g/mol. The number of benzene rings is 2. The van der Waals surface area contributed by atoms with Gasteiger partial charge in [0, 0.05) is 10.0 Å². The topological polar surface area (TPSA) is 29.5 Å². The number of rotatable bonds is 3. The molecule has 0 radical (unpaired) electrons. The van der Waals surface area contributed by atoms with Crippen molar-refractivity contribution < 1.29 is 14.2 Å². The zero-order chi connectivity index (χ0) is 14.8. The maximum atomic E-state index is 13.0. The number of hydrogen-bond donors (Lipinski definition) is 1. The molecule has 1 atom stereocenters. The molecule has 0 spiro atoms. The maximum Gasteiger partial charge on any atom is 0.124 e. The van der Waals surface area contributed by atoms with Gasteiger partial charge in [0.2, 0.25) is 0 Å². The van der Waals surface area contributed by atoms with E-state index >= 15 is 0 Å². The average Bonchev–Trinajstić information content (AvgIpc) is 2.47. The molecule has 0 bridgehead atoms. The first-order chi connectivity index (χ1) is 10.1. The Morgan fingerprint density at radius 1 is 1.24 bits per heavy atom. The fourth-order valence-electron chi connectivity index (χ4n) is 2.64. The fraction of sp³-hybridized carbons (Fsp3) is 0.294. The van der Waals surface area contributed by atoms with E-state index in [-0.39, 0.29) is 5.82 Å². The van der Waals surface area contributed by atoms with E-state index in [1.165, 1.54) is 17.7 Å². The van der Waals surface area contributed by atoms with Gasteiger partial charge in [-0.3, -0.25) is 0 Å². The van der Waals surface area contributed by atoms with Crippen molar-refractivity contribution in [1.29, 1.82) is 0 Å². The van der Waals surface area contributed by atoms with E-state index in [0.29, 0.717) is 11.1 Å². The number of aryl methyl sites for hydroxylation is 1. The third-order valence-electron chi connectivity index (χ3n) is 3.81. The second kappa shape index (κ2) is 6.16. The molecule has 0 unspecified atom stereocenters. The van der Waals surface area contributed by atoms with Gasteiger partial charge in [-0.15, -0.1) is 0 Å². The van der Waals surface area contributed by atoms with Gasteiger partial charge in [-0.1, -0.05) is 28.1 Å². The molecule has 0 fully saturated rings. The Labute approximate surface area is 131 Å². The number of aliphatic hydroxyl groups excluding tert-OH is 1. The third kappa shape index (κ3) is 3.27. The first kappa shape index (κ1) is 14.5. The van der Waals surface area contributed by atoms with Crippen LogP contribution in [-0.2, 0) is 13.0 Å². The third-order valence-corrected chi connectivity index (χ3v) is 4.55. The van der Waals surface area contributed by atoms with E-state index in [9.17, 15) is 9.50 Å². The molecule has 1 N–H and O–H groups in total. The van der Waals surface area contributed by atoms with Gasteiger partial charge in [0.15, 0.2) is 0 Å². The van der Waals surface area contributed by atoms with Crippen molar-refractivity contribution in [3.8, 4) is 5.75 Å². The molecule has 0 aromatic heterocycles. The summed E-state index contributed by atoms with van der Waals surface area (Å²) in [6, 6.07) is 10.4. The molecule has 110 valence electrons. The van der Waals surface area contributed by atoms with Gasteiger partial charge in [-0.25, -0.2) is 4.39 Å². The molecule has 1 aliphatic rings. The zero-order valence-electron chi connectivity index (χ0n) is 11.5. The second-order valence-electron chi connectivity index (χ2n) is 5.29. The maximum absolute atomic E-state index is 13.0. The molecule has 0 saturated carbocycles. The molecule has 3 rings (SSSR count). The number of aliphatic hydroxyl groups is 1. The minimum atomic E-state index is -0.394. The highest BCUT2D eigenvalue weighted by atomic mass is 79.9. The van der Waals surface area contributed by atoms with Gasteiger partial charge in [0.05, 0.1) is 6.10 Å². The molecular formula is C17H16BrFO2. The summed E-state index contributed by atoms with van der Waals surface area (Å²) in [5.41, 5.74) is 3.05. The highest BCUT2D eigenvalue weighted by Gasteiger charge is 2.18. The van der Waals surface area contributed by atoms with Crippen LogP contribution in [0, 0.1) is 5.82 Å². The molecule has 2 aromatic carbocycles. The molecule has 0 saturated heterocycles. The number of ether oxygens (including phenoxy) is 1. The van der Waals surface area contributed by atoms with Crippen LogP contribution in [0.25, 0.3) is 0 Å². The van der Waals surface area contributed by atoms with Crippen LogP contribution in [0.5, 0.6) is 5.75 Å². The lowest BCUT2D eigenvalue weighted by atomic mass is 9.89. The lowest BCUT2D eigenvalue weighted by molar-refractivity contribution is 0.156. The Morgan fingerprint density at radius 2 is 2.10 bits per heavy atom. The van der Waals surface area contributed by atoms with Crippen molar-refractivity contribution in [1.82, 2.24) is 0 Å². The predicted octanol–water partition coefficient (Wildman–Crippen LogP) is 4.54. The van der Waals surface area contributed by atoms with Crippen LogP contribution in [0.2, 0.25) is 0 Å². The lowest BCUT2D eigenvalue weighted by Crippen LogP contribution is -2.09. The van der Waals surface area contributed by atoms with Gasteiger partial charge in [-0.2, -0.15) is 0 Å². The normalized spacial score (nSPS) is 17.4. The summed E-state index contributed by atoms with van der Waals surface area (Å²) >= 11 is 3.33. The molecule has 0 amide bonds. The Bertz CT molecular complexity index is 657. The van der Waals surface area contributed by atoms with Crippen molar-refractivity contribution in [3.63, 3.8) is 0 Å². The molecule has 2 nitrogen and oxygen atoms in total. The Morgan fingerprint density at radius 3 is 2.90 bits per heavy atom. The smallest absolute Gasteiger partial charge is 0.124 e. The molecule has 2 aromatic rings. The minimum Gasteiger partial charge on any atom is -0.489 e. The molecular weight excluding hydrogens is 335 g/mol. The summed E-state index contributed by atoms with van der Waals surface area (Å²) in [6.45, 7) is 0.357. The average molecular weight is 351 g/mol. The van der Waals surface area contributed by atoms with Crippen LogP contribution in [-0.4, -0.2) is 5.11 Å². The number of halogens is 2. The molecule has 4 heteroatoms. The summed E-state index contributed by atoms with van der Waals surface area (Å²) in [4.78, 5) is 0. The summed E-state index contributed by atoms with van der Waals surface area (Å²) in [6.07, 6.45) is 2.45. The highest BCUT2D eigenvalue weighted by molar-refractivity contribution is 9.10. The summed E-state index contributed by atoms with van der Waals surface area (Å²) in [5.74, 6) is 0.452. The number of hydrogen-bond acceptors (Lipinski definition) is 2. The standard InChI is InChI=1S/C17H16BrFO2/c18-16-8-13(19)6-4-12(16)10-21-14-7-5-11-2-1-3-17(20)15(11)9-14/h4-9,17,20H,1-3,10H2/t17-/m1/s1. The van der Waals surface area contributed by atoms with Gasteiger partial charge in [0.1, 0.15) is 18.2 Å². The summed E-state index contributed by atoms with van der Waals surface area (Å²) < 4.78 is 19.5. The van der Waals surface area contributed by atoms with E-state index in [4.69, 9.17) is 4.74 Å². The van der Waals surface area contributed by atoms with Crippen LogP contribution in [0.15, 0.2) is 40.9 Å². The molecule has 0 heterocycles. The summed E-state index contributed by atoms with van der Waals surface area (Å²) in [5, 5.41) is 10.0. The largest absolute Gasteiger partial charge is 0.489 e. The van der Waals surface area contributed by atoms with E-state index in [1.54, 1.807) is 6.07 Å². The van der Waals surface area contributed by atoms with Gasteiger partial charge < -0.3 is 9.84 Å². The molecule has 0 aliphatic heterocycles. The Kier molecular flexibility index (Phi) is 4.27. The van der Waals surface area contributed by atoms with Crippen molar-refractivity contribution in [2.75, 3.05) is 0 Å². The quantitative estimate of drug-likeness (QED) is 0.880. The first-order valence-electron chi connectivity index (χ1n) is 7.01. The van der Waals surface area contributed by atoms with Gasteiger partial charge in [-0.05, 0) is 54.7 Å². The highest BCUT2D eigenvalue weighted by Crippen LogP contribution is 2.32. The van der Waals surface area contributed by atoms with Crippen molar-refractivity contribution >= 4 is 15.9 Å². The van der Waals surface area contributed by atoms with Crippen LogP contribution < -0.4 is 4.74 Å². The van der Waals surface area contributed by atoms with E-state index < -0.39 is 6.10 Å². The lowest BCUT2D eigenvalue weighted by Gasteiger charge is -2.22. The SMILES string of the molecule is O[C@@H]1CCCc2ccc(OCc3ccc(F)cc3Br)cc21. The van der Waals surface area contributed by atoms with Crippen LogP contribution >= 0.6 is 15.9 Å². The first-order valence-corrected chi connectivity index (χ1v) is 7.80. The van der Waals surface area contributed by atoms with Crippen molar-refractivity contribution in [2.45, 2.75) is 32.0 Å². The Balaban J connectivity index is 1.75. The molecule has 21 heavy (non-hydrogen) atoms. The summed E-state index contributed by atoms with van der Waals surface area (Å²) in [7, 11) is 0. The predicted molar refractivity (Wildman–Crippen MR) is 82.8 cm³/mol. The van der Waals surface area contributed by atoms with Gasteiger partial charge >= 0.3 is 0 Å². The Hall–Kier alpha value is -1.39. The van der Waals surface area contributed by atoms with Crippen LogP contribution in [0.4, 0.5) is 4.39 Å². The number of fused-ring (bicyclic) bond motifs is 1. The van der Waals surface area contributed by atoms with E-state index in [1.807, 2.05) is 18.2 Å². The fourth-order valence-corrected chi connectivity index (χ4v) is 3.11. The second-order valence-corrected chi connectivity index (χ2v) is 6.15. The van der Waals surface area contributed by atoms with E-state index in [2.05, 4.69) is 15.9 Å². The van der Waals surface area contributed by atoms with Crippen molar-refractivity contribution in [3.05, 3.63) is 63.4 Å². The zero-order valence-corrected chi connectivity index (χ0v) is 13.1. The van der Waals surface area contributed by atoms with Crippen LogP contribution in [0.3, 0.4) is 0 Å². The van der Waals surface area contributed by atoms with Crippen molar-refractivity contribution in [2.24, 2.45) is 0 Å². The van der Waals surface area contributed by atoms with E-state index in [0.717, 1.165) is 36.1 Å². The minimum absolute atomic E-state index is 0.275. The molecule has 1 aliphatic carbocycles.